The van der Waals surface area contributed by atoms with Crippen LogP contribution in [0.5, 0.6) is 0 Å². The van der Waals surface area contributed by atoms with Crippen molar-refractivity contribution in [3.63, 3.8) is 0 Å². The van der Waals surface area contributed by atoms with E-state index < -0.39 is 0 Å². The average Bonchev–Trinajstić information content (AvgIpc) is 2.09. The van der Waals surface area contributed by atoms with Crippen LogP contribution in [-0.4, -0.2) is 0 Å². The van der Waals surface area contributed by atoms with Crippen molar-refractivity contribution in [1.29, 1.82) is 5.26 Å². The first-order chi connectivity index (χ1) is 5.77. The molecule has 0 radical (unpaired) electrons. The van der Waals surface area contributed by atoms with Crippen molar-refractivity contribution in [1.82, 2.24) is 0 Å². The van der Waals surface area contributed by atoms with Crippen LogP contribution in [0.25, 0.3) is 0 Å². The largest absolute Gasteiger partial charge is 0.398 e. The maximum atomic E-state index is 8.47. The Labute approximate surface area is 71.6 Å². The molecule has 0 fully saturated rings. The van der Waals surface area contributed by atoms with Crippen LogP contribution in [0.1, 0.15) is 11.1 Å². The standard InChI is InChI=1S/C9H11N3/c10-4-3-8-5-7(6-11)1-2-9(8)12/h1-2,5H,3,6,11-12H2. The predicted molar refractivity (Wildman–Crippen MR) is 48.1 cm³/mol. The van der Waals surface area contributed by atoms with Gasteiger partial charge in [0, 0.05) is 12.2 Å². The monoisotopic (exact) mass is 161 g/mol. The Morgan fingerprint density at radius 1 is 1.42 bits per heavy atom. The SMILES string of the molecule is N#CCc1cc(CN)ccc1N. The molecule has 0 aliphatic heterocycles. The molecule has 1 rings (SSSR count). The molecule has 4 N–H and O–H groups in total. The lowest BCUT2D eigenvalue weighted by molar-refractivity contribution is 1.06. The van der Waals surface area contributed by atoms with E-state index in [1.165, 1.54) is 0 Å². The quantitative estimate of drug-likeness (QED) is 0.630. The molecule has 62 valence electrons. The number of hydrogen-bond acceptors (Lipinski definition) is 3. The Balaban J connectivity index is 3.01. The topological polar surface area (TPSA) is 75.8 Å². The van der Waals surface area contributed by atoms with Gasteiger partial charge in [-0.25, -0.2) is 0 Å². The molecule has 0 aliphatic carbocycles. The van der Waals surface area contributed by atoms with Crippen LogP contribution in [0.4, 0.5) is 5.69 Å². The minimum absolute atomic E-state index is 0.347. The molecule has 0 aromatic heterocycles. The first kappa shape index (κ1) is 8.57. The van der Waals surface area contributed by atoms with E-state index in [1.807, 2.05) is 12.1 Å². The van der Waals surface area contributed by atoms with E-state index in [1.54, 1.807) is 6.07 Å². The van der Waals surface area contributed by atoms with E-state index in [4.69, 9.17) is 16.7 Å². The number of hydrogen-bond donors (Lipinski definition) is 2. The molecular weight excluding hydrogens is 150 g/mol. The minimum atomic E-state index is 0.347. The van der Waals surface area contributed by atoms with Crippen molar-refractivity contribution in [3.05, 3.63) is 29.3 Å². The summed E-state index contributed by atoms with van der Waals surface area (Å²) in [5.41, 5.74) is 13.6. The summed E-state index contributed by atoms with van der Waals surface area (Å²) in [4.78, 5) is 0. The zero-order valence-electron chi connectivity index (χ0n) is 6.75. The van der Waals surface area contributed by atoms with Crippen LogP contribution in [0.3, 0.4) is 0 Å². The third-order valence-corrected chi connectivity index (χ3v) is 1.71. The molecule has 3 nitrogen and oxygen atoms in total. The second-order valence-electron chi connectivity index (χ2n) is 2.57. The molecule has 0 heterocycles. The number of nitrogen functional groups attached to an aromatic ring is 1. The summed E-state index contributed by atoms with van der Waals surface area (Å²) in [6.45, 7) is 0.485. The Hall–Kier alpha value is -1.53. The maximum Gasteiger partial charge on any atom is 0.0670 e. The minimum Gasteiger partial charge on any atom is -0.398 e. The van der Waals surface area contributed by atoms with Gasteiger partial charge in [-0.15, -0.1) is 0 Å². The number of nitrogens with zero attached hydrogens (tertiary/aromatic N) is 1. The molecule has 0 saturated carbocycles. The molecular formula is C9H11N3. The number of nitriles is 1. The van der Waals surface area contributed by atoms with Gasteiger partial charge in [0.25, 0.3) is 0 Å². The van der Waals surface area contributed by atoms with Crippen LogP contribution in [0, 0.1) is 11.3 Å². The fourth-order valence-electron chi connectivity index (χ4n) is 1.02. The lowest BCUT2D eigenvalue weighted by Gasteiger charge is -2.03. The van der Waals surface area contributed by atoms with Crippen LogP contribution >= 0.6 is 0 Å². The third kappa shape index (κ3) is 1.74. The number of nitrogens with two attached hydrogens (primary N) is 2. The van der Waals surface area contributed by atoms with E-state index in [9.17, 15) is 0 Å². The second kappa shape index (κ2) is 3.74. The van der Waals surface area contributed by atoms with Gasteiger partial charge in [0.2, 0.25) is 0 Å². The van der Waals surface area contributed by atoms with E-state index in [0.717, 1.165) is 11.1 Å². The fourth-order valence-corrected chi connectivity index (χ4v) is 1.02. The van der Waals surface area contributed by atoms with Gasteiger partial charge in [-0.3, -0.25) is 0 Å². The summed E-state index contributed by atoms with van der Waals surface area (Å²) in [7, 11) is 0. The van der Waals surface area contributed by atoms with Gasteiger partial charge < -0.3 is 11.5 Å². The molecule has 0 amide bonds. The molecule has 3 heteroatoms. The van der Waals surface area contributed by atoms with Crippen LogP contribution in [0.15, 0.2) is 18.2 Å². The van der Waals surface area contributed by atoms with Crippen LogP contribution < -0.4 is 11.5 Å². The molecule has 0 spiro atoms. The van der Waals surface area contributed by atoms with Gasteiger partial charge >= 0.3 is 0 Å². The lowest BCUT2D eigenvalue weighted by Crippen LogP contribution is -1.99. The highest BCUT2D eigenvalue weighted by molar-refractivity contribution is 5.49. The molecule has 1 aromatic rings. The Bertz CT molecular complexity index is 312. The van der Waals surface area contributed by atoms with Gasteiger partial charge in [-0.1, -0.05) is 12.1 Å². The Morgan fingerprint density at radius 2 is 2.17 bits per heavy atom. The third-order valence-electron chi connectivity index (χ3n) is 1.71. The van der Waals surface area contributed by atoms with Crippen LogP contribution in [-0.2, 0) is 13.0 Å². The zero-order chi connectivity index (χ0) is 8.97. The summed E-state index contributed by atoms with van der Waals surface area (Å²) < 4.78 is 0. The highest BCUT2D eigenvalue weighted by atomic mass is 14.6. The molecule has 0 aliphatic rings. The summed E-state index contributed by atoms with van der Waals surface area (Å²) in [6, 6.07) is 7.59. The van der Waals surface area contributed by atoms with Crippen molar-refractivity contribution in [3.8, 4) is 6.07 Å². The highest BCUT2D eigenvalue weighted by Crippen LogP contribution is 2.13. The predicted octanol–water partition coefficient (Wildman–Crippen LogP) is 0.794. The molecule has 12 heavy (non-hydrogen) atoms. The molecule has 0 saturated heterocycles. The van der Waals surface area contributed by atoms with Gasteiger partial charge in [-0.2, -0.15) is 5.26 Å². The van der Waals surface area contributed by atoms with Crippen LogP contribution in [0.2, 0.25) is 0 Å². The Morgan fingerprint density at radius 3 is 2.75 bits per heavy atom. The van der Waals surface area contributed by atoms with Gasteiger partial charge in [0.05, 0.1) is 12.5 Å². The van der Waals surface area contributed by atoms with Crippen molar-refractivity contribution in [2.45, 2.75) is 13.0 Å². The van der Waals surface area contributed by atoms with E-state index in [0.29, 0.717) is 18.7 Å². The normalized spacial score (nSPS) is 9.33. The number of benzene rings is 1. The molecule has 0 unspecified atom stereocenters. The smallest absolute Gasteiger partial charge is 0.0670 e. The van der Waals surface area contributed by atoms with E-state index in [2.05, 4.69) is 6.07 Å². The molecule has 0 atom stereocenters. The van der Waals surface area contributed by atoms with Gasteiger partial charge in [0.15, 0.2) is 0 Å². The molecule has 0 bridgehead atoms. The fraction of sp³-hybridized carbons (Fsp3) is 0.222. The highest BCUT2D eigenvalue weighted by Gasteiger charge is 1.98. The van der Waals surface area contributed by atoms with Gasteiger partial charge in [0.1, 0.15) is 0 Å². The Kier molecular flexibility index (Phi) is 2.67. The zero-order valence-corrected chi connectivity index (χ0v) is 6.75. The first-order valence-corrected chi connectivity index (χ1v) is 3.72. The number of anilines is 1. The summed E-state index contributed by atoms with van der Waals surface area (Å²) in [5.74, 6) is 0. The number of rotatable bonds is 2. The first-order valence-electron chi connectivity index (χ1n) is 3.72. The lowest BCUT2D eigenvalue weighted by atomic mass is 10.1. The summed E-state index contributed by atoms with van der Waals surface area (Å²) >= 11 is 0. The average molecular weight is 161 g/mol. The van der Waals surface area contributed by atoms with Crippen molar-refractivity contribution in [2.75, 3.05) is 5.73 Å². The van der Waals surface area contributed by atoms with Gasteiger partial charge in [-0.05, 0) is 17.2 Å². The second-order valence-corrected chi connectivity index (χ2v) is 2.57. The van der Waals surface area contributed by atoms with E-state index in [-0.39, 0.29) is 0 Å². The van der Waals surface area contributed by atoms with E-state index >= 15 is 0 Å². The summed E-state index contributed by atoms with van der Waals surface area (Å²) in [5, 5.41) is 8.47. The summed E-state index contributed by atoms with van der Waals surface area (Å²) in [6.07, 6.45) is 0.347. The van der Waals surface area contributed by atoms with Crippen molar-refractivity contribution in [2.24, 2.45) is 5.73 Å². The molecule has 1 aromatic carbocycles. The maximum absolute atomic E-state index is 8.47. The van der Waals surface area contributed by atoms with Crippen molar-refractivity contribution < 1.29 is 0 Å². The van der Waals surface area contributed by atoms with Crippen molar-refractivity contribution >= 4 is 5.69 Å².